The monoisotopic (exact) mass is 193 g/mol. The molecule has 0 aromatic carbocycles. The maximum Gasteiger partial charge on any atom is 0.307 e. The van der Waals surface area contributed by atoms with Crippen molar-refractivity contribution in [1.82, 2.24) is 4.98 Å². The summed E-state index contributed by atoms with van der Waals surface area (Å²) in [5, 5.41) is 8.55. The van der Waals surface area contributed by atoms with Crippen molar-refractivity contribution in [2.24, 2.45) is 5.92 Å². The molecule has 1 rings (SSSR count). The molecule has 0 atom stereocenters. The van der Waals surface area contributed by atoms with Crippen LogP contribution in [0.15, 0.2) is 18.3 Å². The van der Waals surface area contributed by atoms with Gasteiger partial charge in [0.25, 0.3) is 0 Å². The van der Waals surface area contributed by atoms with Gasteiger partial charge in [-0.15, -0.1) is 0 Å². The molecule has 0 fully saturated rings. The topological polar surface area (TPSA) is 50.2 Å². The molecule has 0 spiro atoms. The standard InChI is InChI=1S/C11H15NO2/c1-8(2)5-10-4-3-9(7-12-10)6-11(13)14/h3-4,7-8H,5-6H2,1-2H3,(H,13,14). The Bertz CT molecular complexity index is 304. The van der Waals surface area contributed by atoms with Crippen molar-refractivity contribution in [3.05, 3.63) is 29.6 Å². The Balaban J connectivity index is 2.63. The first-order valence-corrected chi connectivity index (χ1v) is 4.73. The fourth-order valence-corrected chi connectivity index (χ4v) is 1.27. The lowest BCUT2D eigenvalue weighted by molar-refractivity contribution is -0.136. The molecule has 0 aliphatic rings. The maximum absolute atomic E-state index is 10.4. The predicted octanol–water partition coefficient (Wildman–Crippen LogP) is 1.91. The third-order valence-corrected chi connectivity index (χ3v) is 1.86. The van der Waals surface area contributed by atoms with Gasteiger partial charge in [-0.25, -0.2) is 0 Å². The molecule has 1 aromatic heterocycles. The Kier molecular flexibility index (Phi) is 3.63. The molecule has 14 heavy (non-hydrogen) atoms. The molecular weight excluding hydrogens is 178 g/mol. The van der Waals surface area contributed by atoms with Crippen LogP contribution in [-0.2, 0) is 17.6 Å². The first kappa shape index (κ1) is 10.7. The van der Waals surface area contributed by atoms with Crippen LogP contribution in [0.1, 0.15) is 25.1 Å². The second-order valence-corrected chi connectivity index (χ2v) is 3.83. The zero-order chi connectivity index (χ0) is 10.6. The van der Waals surface area contributed by atoms with Gasteiger partial charge in [0, 0.05) is 11.9 Å². The van der Waals surface area contributed by atoms with Gasteiger partial charge >= 0.3 is 5.97 Å². The SMILES string of the molecule is CC(C)Cc1ccc(CC(=O)O)cn1. The molecule has 1 N–H and O–H groups in total. The van der Waals surface area contributed by atoms with Crippen LogP contribution in [0.5, 0.6) is 0 Å². The molecule has 0 saturated carbocycles. The maximum atomic E-state index is 10.4. The van der Waals surface area contributed by atoms with Crippen molar-refractivity contribution in [1.29, 1.82) is 0 Å². The van der Waals surface area contributed by atoms with Crippen LogP contribution in [0.3, 0.4) is 0 Å². The summed E-state index contributed by atoms with van der Waals surface area (Å²) < 4.78 is 0. The summed E-state index contributed by atoms with van der Waals surface area (Å²) in [6.07, 6.45) is 2.63. The van der Waals surface area contributed by atoms with E-state index in [0.29, 0.717) is 5.92 Å². The van der Waals surface area contributed by atoms with E-state index < -0.39 is 5.97 Å². The lowest BCUT2D eigenvalue weighted by Gasteiger charge is -2.04. The molecule has 0 saturated heterocycles. The van der Waals surface area contributed by atoms with Crippen molar-refractivity contribution < 1.29 is 9.90 Å². The fraction of sp³-hybridized carbons (Fsp3) is 0.455. The number of hydrogen-bond acceptors (Lipinski definition) is 2. The number of nitrogens with zero attached hydrogens (tertiary/aromatic N) is 1. The van der Waals surface area contributed by atoms with Gasteiger partial charge in [-0.1, -0.05) is 19.9 Å². The van der Waals surface area contributed by atoms with E-state index >= 15 is 0 Å². The van der Waals surface area contributed by atoms with Crippen LogP contribution in [-0.4, -0.2) is 16.1 Å². The van der Waals surface area contributed by atoms with E-state index in [1.165, 1.54) is 0 Å². The molecule has 1 aromatic rings. The first-order chi connectivity index (χ1) is 6.58. The highest BCUT2D eigenvalue weighted by atomic mass is 16.4. The quantitative estimate of drug-likeness (QED) is 0.794. The highest BCUT2D eigenvalue weighted by Crippen LogP contribution is 2.06. The van der Waals surface area contributed by atoms with Crippen molar-refractivity contribution in [2.75, 3.05) is 0 Å². The van der Waals surface area contributed by atoms with E-state index in [-0.39, 0.29) is 6.42 Å². The Labute approximate surface area is 83.8 Å². The number of aromatic nitrogens is 1. The van der Waals surface area contributed by atoms with Crippen LogP contribution in [0.25, 0.3) is 0 Å². The number of carboxylic acid groups (broad SMARTS) is 1. The number of carbonyl (C=O) groups is 1. The lowest BCUT2D eigenvalue weighted by atomic mass is 10.1. The highest BCUT2D eigenvalue weighted by Gasteiger charge is 2.02. The number of hydrogen-bond donors (Lipinski definition) is 1. The minimum atomic E-state index is -0.816. The van der Waals surface area contributed by atoms with Gasteiger partial charge in [-0.05, 0) is 24.0 Å². The molecule has 0 amide bonds. The second kappa shape index (κ2) is 4.74. The first-order valence-electron chi connectivity index (χ1n) is 4.73. The molecule has 1 heterocycles. The van der Waals surface area contributed by atoms with Crippen LogP contribution in [0.2, 0.25) is 0 Å². The summed E-state index contributed by atoms with van der Waals surface area (Å²) >= 11 is 0. The van der Waals surface area contributed by atoms with E-state index in [2.05, 4.69) is 18.8 Å². The smallest absolute Gasteiger partial charge is 0.307 e. The van der Waals surface area contributed by atoms with Gasteiger partial charge in [0.15, 0.2) is 0 Å². The van der Waals surface area contributed by atoms with Crippen molar-refractivity contribution in [3.63, 3.8) is 0 Å². The third kappa shape index (κ3) is 3.56. The van der Waals surface area contributed by atoms with Gasteiger partial charge in [-0.2, -0.15) is 0 Å². The summed E-state index contributed by atoms with van der Waals surface area (Å²) in [6, 6.07) is 3.73. The minimum Gasteiger partial charge on any atom is -0.481 e. The van der Waals surface area contributed by atoms with Gasteiger partial charge in [0.2, 0.25) is 0 Å². The minimum absolute atomic E-state index is 0.0506. The molecule has 76 valence electrons. The van der Waals surface area contributed by atoms with Crippen LogP contribution < -0.4 is 0 Å². The predicted molar refractivity (Wildman–Crippen MR) is 54.1 cm³/mol. The normalized spacial score (nSPS) is 10.5. The van der Waals surface area contributed by atoms with Crippen LogP contribution in [0.4, 0.5) is 0 Å². The Hall–Kier alpha value is -1.38. The van der Waals surface area contributed by atoms with Gasteiger partial charge < -0.3 is 5.11 Å². The molecule has 0 bridgehead atoms. The molecular formula is C11H15NO2. The van der Waals surface area contributed by atoms with Gasteiger partial charge in [-0.3, -0.25) is 9.78 Å². The Morgan fingerprint density at radius 2 is 2.21 bits per heavy atom. The molecule has 3 heteroatoms. The number of carboxylic acids is 1. The highest BCUT2D eigenvalue weighted by molar-refractivity contribution is 5.69. The second-order valence-electron chi connectivity index (χ2n) is 3.83. The molecule has 3 nitrogen and oxygen atoms in total. The molecule has 0 aliphatic carbocycles. The fourth-order valence-electron chi connectivity index (χ4n) is 1.27. The van der Waals surface area contributed by atoms with E-state index in [4.69, 9.17) is 5.11 Å². The lowest BCUT2D eigenvalue weighted by Crippen LogP contribution is -2.02. The zero-order valence-corrected chi connectivity index (χ0v) is 8.53. The van der Waals surface area contributed by atoms with Gasteiger partial charge in [0.1, 0.15) is 0 Å². The average molecular weight is 193 g/mol. The van der Waals surface area contributed by atoms with Crippen LogP contribution in [0, 0.1) is 5.92 Å². The third-order valence-electron chi connectivity index (χ3n) is 1.86. The largest absolute Gasteiger partial charge is 0.481 e. The number of aliphatic carboxylic acids is 1. The molecule has 0 radical (unpaired) electrons. The Morgan fingerprint density at radius 3 is 2.64 bits per heavy atom. The van der Waals surface area contributed by atoms with Crippen LogP contribution >= 0.6 is 0 Å². The average Bonchev–Trinajstić information content (AvgIpc) is 2.06. The summed E-state index contributed by atoms with van der Waals surface area (Å²) in [5.74, 6) is -0.240. The zero-order valence-electron chi connectivity index (χ0n) is 8.53. The van der Waals surface area contributed by atoms with Crippen molar-refractivity contribution in [2.45, 2.75) is 26.7 Å². The number of rotatable bonds is 4. The summed E-state index contributed by atoms with van der Waals surface area (Å²) in [7, 11) is 0. The summed E-state index contributed by atoms with van der Waals surface area (Å²) in [4.78, 5) is 14.6. The van der Waals surface area contributed by atoms with E-state index in [1.54, 1.807) is 6.20 Å². The van der Waals surface area contributed by atoms with E-state index in [1.807, 2.05) is 12.1 Å². The van der Waals surface area contributed by atoms with E-state index in [0.717, 1.165) is 17.7 Å². The molecule has 0 unspecified atom stereocenters. The summed E-state index contributed by atoms with van der Waals surface area (Å²) in [5.41, 5.74) is 1.78. The number of pyridine rings is 1. The Morgan fingerprint density at radius 1 is 1.50 bits per heavy atom. The van der Waals surface area contributed by atoms with E-state index in [9.17, 15) is 4.79 Å². The van der Waals surface area contributed by atoms with Crippen molar-refractivity contribution in [3.8, 4) is 0 Å². The van der Waals surface area contributed by atoms with Gasteiger partial charge in [0.05, 0.1) is 6.42 Å². The summed E-state index contributed by atoms with van der Waals surface area (Å²) in [6.45, 7) is 4.26. The van der Waals surface area contributed by atoms with Crippen molar-refractivity contribution >= 4 is 5.97 Å². The molecule has 0 aliphatic heterocycles.